The van der Waals surface area contributed by atoms with Gasteiger partial charge in [-0.3, -0.25) is 0 Å². The maximum Gasteiger partial charge on any atom is 0.392 e. The molecule has 5 nitrogen and oxygen atoms in total. The van der Waals surface area contributed by atoms with Gasteiger partial charge < -0.3 is 19.3 Å². The van der Waals surface area contributed by atoms with Crippen LogP contribution in [0.4, 0.5) is 18.9 Å². The molecule has 3 aromatic rings. The summed E-state index contributed by atoms with van der Waals surface area (Å²) in [6, 6.07) is 16.4. The Morgan fingerprint density at radius 3 is 2.41 bits per heavy atom. The Kier molecular flexibility index (Phi) is 5.85. The molecule has 1 fully saturated rings. The van der Waals surface area contributed by atoms with Gasteiger partial charge in [0.15, 0.2) is 0 Å². The molecule has 1 saturated heterocycles. The second kappa shape index (κ2) is 8.83. The molecule has 0 bridgehead atoms. The fraction of sp³-hybridized carbons (Fsp3) is 0.346. The van der Waals surface area contributed by atoms with E-state index in [4.69, 9.17) is 4.74 Å². The fourth-order valence-corrected chi connectivity index (χ4v) is 4.96. The third kappa shape index (κ3) is 4.30. The number of carboxylic acid groups (broad SMARTS) is 1. The van der Waals surface area contributed by atoms with Crippen LogP contribution in [-0.4, -0.2) is 48.1 Å². The summed E-state index contributed by atoms with van der Waals surface area (Å²) < 4.78 is 47.7. The predicted octanol–water partition coefficient (Wildman–Crippen LogP) is 5.35. The number of aromatic carboxylic acids is 1. The van der Waals surface area contributed by atoms with Gasteiger partial charge in [0.2, 0.25) is 0 Å². The van der Waals surface area contributed by atoms with Crippen LogP contribution in [0.15, 0.2) is 54.6 Å². The summed E-state index contributed by atoms with van der Waals surface area (Å²) in [5.41, 5.74) is 4.97. The van der Waals surface area contributed by atoms with Gasteiger partial charge in [-0.05, 0) is 66.8 Å². The molecule has 178 valence electrons. The van der Waals surface area contributed by atoms with Crippen molar-refractivity contribution < 1.29 is 27.8 Å². The molecular formula is C26H25F3N2O3. The summed E-state index contributed by atoms with van der Waals surface area (Å²) in [5, 5.41) is 9.46. The summed E-state index contributed by atoms with van der Waals surface area (Å²) in [6.45, 7) is 2.98. The minimum Gasteiger partial charge on any atom is -0.478 e. The highest BCUT2D eigenvalue weighted by atomic mass is 19.4. The molecule has 0 spiro atoms. The van der Waals surface area contributed by atoms with Crippen LogP contribution in [0.25, 0.3) is 16.9 Å². The number of hydrogen-bond acceptors (Lipinski definition) is 3. The number of nitrogens with zero attached hydrogens (tertiary/aromatic N) is 2. The molecular weight excluding hydrogens is 445 g/mol. The SMILES string of the molecule is O=C(O)c1cccc(-n2c(-c3ccc(N4CCOCC4)cc3)cc3c2CCC(C(F)(F)F)C3)c1. The van der Waals surface area contributed by atoms with Crippen molar-refractivity contribution in [2.45, 2.75) is 25.4 Å². The minimum absolute atomic E-state index is 0.0224. The number of halogens is 3. The molecule has 8 heteroatoms. The number of carboxylic acids is 1. The monoisotopic (exact) mass is 470 g/mol. The molecule has 34 heavy (non-hydrogen) atoms. The van der Waals surface area contributed by atoms with Crippen molar-refractivity contribution in [1.29, 1.82) is 0 Å². The van der Waals surface area contributed by atoms with Gasteiger partial charge in [0, 0.05) is 30.2 Å². The number of aromatic nitrogens is 1. The zero-order valence-corrected chi connectivity index (χ0v) is 18.5. The first kappa shape index (κ1) is 22.5. The highest BCUT2D eigenvalue weighted by Crippen LogP contribution is 2.41. The van der Waals surface area contributed by atoms with Crippen LogP contribution in [0.1, 0.15) is 28.0 Å². The van der Waals surface area contributed by atoms with E-state index in [-0.39, 0.29) is 24.8 Å². The maximum absolute atomic E-state index is 13.5. The number of rotatable bonds is 4. The smallest absolute Gasteiger partial charge is 0.392 e. The van der Waals surface area contributed by atoms with E-state index in [1.54, 1.807) is 18.2 Å². The zero-order valence-electron chi connectivity index (χ0n) is 18.5. The molecule has 1 aliphatic carbocycles. The van der Waals surface area contributed by atoms with Crippen LogP contribution in [0.2, 0.25) is 0 Å². The van der Waals surface area contributed by atoms with Crippen molar-refractivity contribution in [3.8, 4) is 16.9 Å². The molecule has 5 rings (SSSR count). The van der Waals surface area contributed by atoms with Crippen LogP contribution in [-0.2, 0) is 17.6 Å². The third-order valence-corrected chi connectivity index (χ3v) is 6.74. The van der Waals surface area contributed by atoms with E-state index in [0.717, 1.165) is 35.7 Å². The number of ether oxygens (including phenoxy) is 1. The molecule has 1 atom stereocenters. The second-order valence-electron chi connectivity index (χ2n) is 8.82. The molecule has 2 heterocycles. The van der Waals surface area contributed by atoms with Crippen LogP contribution in [0.5, 0.6) is 0 Å². The molecule has 1 N–H and O–H groups in total. The highest BCUT2D eigenvalue weighted by Gasteiger charge is 2.42. The van der Waals surface area contributed by atoms with Gasteiger partial charge >= 0.3 is 12.1 Å². The lowest BCUT2D eigenvalue weighted by Crippen LogP contribution is -2.36. The topological polar surface area (TPSA) is 54.7 Å². The van der Waals surface area contributed by atoms with Crippen molar-refractivity contribution in [2.24, 2.45) is 5.92 Å². The van der Waals surface area contributed by atoms with Crippen LogP contribution in [0, 0.1) is 5.92 Å². The van der Waals surface area contributed by atoms with E-state index in [1.807, 2.05) is 34.9 Å². The average molecular weight is 470 g/mol. The first-order valence-corrected chi connectivity index (χ1v) is 11.4. The van der Waals surface area contributed by atoms with Crippen LogP contribution < -0.4 is 4.90 Å². The summed E-state index contributed by atoms with van der Waals surface area (Å²) in [4.78, 5) is 13.8. The molecule has 0 radical (unpaired) electrons. The predicted molar refractivity (Wildman–Crippen MR) is 123 cm³/mol. The lowest BCUT2D eigenvalue weighted by Gasteiger charge is -2.29. The van der Waals surface area contributed by atoms with E-state index in [0.29, 0.717) is 24.5 Å². The quantitative estimate of drug-likeness (QED) is 0.559. The largest absolute Gasteiger partial charge is 0.478 e. The van der Waals surface area contributed by atoms with Crippen molar-refractivity contribution in [3.63, 3.8) is 0 Å². The Hall–Kier alpha value is -3.26. The number of alkyl halides is 3. The standard InChI is InChI=1S/C26H25F3N2O3/c27-26(28,29)20-6-9-23-19(14-20)16-24(31(23)22-3-1-2-18(15-22)25(32)33)17-4-7-21(8-5-17)30-10-12-34-13-11-30/h1-5,7-8,15-16,20H,6,9-14H2,(H,32,33). The van der Waals surface area contributed by atoms with Crippen LogP contribution >= 0.6 is 0 Å². The van der Waals surface area contributed by atoms with Gasteiger partial charge in [0.25, 0.3) is 0 Å². The van der Waals surface area contributed by atoms with Crippen molar-refractivity contribution in [3.05, 3.63) is 71.4 Å². The first-order chi connectivity index (χ1) is 16.3. The normalized spacial score (nSPS) is 18.6. The first-order valence-electron chi connectivity index (χ1n) is 11.4. The van der Waals surface area contributed by atoms with E-state index >= 15 is 0 Å². The Labute approximate surface area is 195 Å². The van der Waals surface area contributed by atoms with Gasteiger partial charge in [-0.25, -0.2) is 4.79 Å². The summed E-state index contributed by atoms with van der Waals surface area (Å²) in [7, 11) is 0. The van der Waals surface area contributed by atoms with Gasteiger partial charge in [0.1, 0.15) is 0 Å². The van der Waals surface area contributed by atoms with Gasteiger partial charge in [-0.1, -0.05) is 18.2 Å². The summed E-state index contributed by atoms with van der Waals surface area (Å²) in [6.07, 6.45) is -4.00. The minimum atomic E-state index is -4.23. The maximum atomic E-state index is 13.5. The van der Waals surface area contributed by atoms with Crippen LogP contribution in [0.3, 0.4) is 0 Å². The number of benzene rings is 2. The number of fused-ring (bicyclic) bond motifs is 1. The third-order valence-electron chi connectivity index (χ3n) is 6.74. The average Bonchev–Trinajstić information content (AvgIpc) is 3.23. The molecule has 0 saturated carbocycles. The summed E-state index contributed by atoms with van der Waals surface area (Å²) in [5.74, 6) is -2.41. The summed E-state index contributed by atoms with van der Waals surface area (Å²) >= 11 is 0. The highest BCUT2D eigenvalue weighted by molar-refractivity contribution is 5.88. The van der Waals surface area contributed by atoms with Gasteiger partial charge in [0.05, 0.1) is 30.4 Å². The Bertz CT molecular complexity index is 1190. The molecule has 2 aromatic carbocycles. The number of anilines is 1. The number of carbonyl (C=O) groups is 1. The Balaban J connectivity index is 1.58. The Morgan fingerprint density at radius 1 is 1.00 bits per heavy atom. The molecule has 1 aromatic heterocycles. The van der Waals surface area contributed by atoms with Gasteiger partial charge in [-0.15, -0.1) is 0 Å². The second-order valence-corrected chi connectivity index (χ2v) is 8.82. The molecule has 1 aliphatic heterocycles. The molecule has 1 unspecified atom stereocenters. The Morgan fingerprint density at radius 2 is 1.74 bits per heavy atom. The fourth-order valence-electron chi connectivity index (χ4n) is 4.96. The molecule has 2 aliphatic rings. The van der Waals surface area contributed by atoms with E-state index < -0.39 is 18.1 Å². The van der Waals surface area contributed by atoms with Crippen molar-refractivity contribution >= 4 is 11.7 Å². The lowest BCUT2D eigenvalue weighted by molar-refractivity contribution is -0.177. The van der Waals surface area contributed by atoms with Crippen molar-refractivity contribution in [1.82, 2.24) is 4.57 Å². The number of morpholine rings is 1. The van der Waals surface area contributed by atoms with E-state index in [2.05, 4.69) is 4.90 Å². The van der Waals surface area contributed by atoms with Gasteiger partial charge in [-0.2, -0.15) is 13.2 Å². The van der Waals surface area contributed by atoms with Crippen molar-refractivity contribution in [2.75, 3.05) is 31.2 Å². The number of hydrogen-bond donors (Lipinski definition) is 1. The molecule has 0 amide bonds. The zero-order chi connectivity index (χ0) is 23.9. The lowest BCUT2D eigenvalue weighted by atomic mass is 9.87. The van der Waals surface area contributed by atoms with E-state index in [1.165, 1.54) is 6.07 Å². The van der Waals surface area contributed by atoms with E-state index in [9.17, 15) is 23.1 Å².